The van der Waals surface area contributed by atoms with Crippen molar-refractivity contribution < 1.29 is 8.42 Å². The summed E-state index contributed by atoms with van der Waals surface area (Å²) in [7, 11) is -3.55. The van der Waals surface area contributed by atoms with Gasteiger partial charge in [0, 0.05) is 0 Å². The van der Waals surface area contributed by atoms with Crippen molar-refractivity contribution in [3.63, 3.8) is 0 Å². The van der Waals surface area contributed by atoms with Crippen LogP contribution in [0.2, 0.25) is 0 Å². The van der Waals surface area contributed by atoms with E-state index in [0.717, 1.165) is 30.4 Å². The fourth-order valence-electron chi connectivity index (χ4n) is 2.44. The van der Waals surface area contributed by atoms with E-state index >= 15 is 0 Å². The monoisotopic (exact) mass is 331 g/mol. The van der Waals surface area contributed by atoms with E-state index in [0.29, 0.717) is 16.5 Å². The molecular formula is C19H25NO2S. The van der Waals surface area contributed by atoms with Gasteiger partial charge in [0.1, 0.15) is 0 Å². The quantitative estimate of drug-likeness (QED) is 0.780. The molecule has 124 valence electrons. The van der Waals surface area contributed by atoms with Crippen molar-refractivity contribution in [3.8, 4) is 0 Å². The molecule has 1 N–H and O–H groups in total. The number of para-hydroxylation sites is 1. The molecule has 0 spiro atoms. The highest BCUT2D eigenvalue weighted by atomic mass is 32.2. The maximum Gasteiger partial charge on any atom is 0.261 e. The first-order valence-electron chi connectivity index (χ1n) is 8.14. The van der Waals surface area contributed by atoms with Gasteiger partial charge in [0.15, 0.2) is 0 Å². The van der Waals surface area contributed by atoms with Crippen LogP contribution in [0.15, 0.2) is 53.4 Å². The summed E-state index contributed by atoms with van der Waals surface area (Å²) in [6.45, 7) is 6.31. The maximum atomic E-state index is 12.6. The molecule has 0 saturated carbocycles. The highest BCUT2D eigenvalue weighted by Crippen LogP contribution is 2.23. The van der Waals surface area contributed by atoms with Gasteiger partial charge in [-0.2, -0.15) is 0 Å². The molecule has 0 saturated heterocycles. The van der Waals surface area contributed by atoms with Crippen LogP contribution in [0.25, 0.3) is 0 Å². The van der Waals surface area contributed by atoms with E-state index in [-0.39, 0.29) is 0 Å². The first-order chi connectivity index (χ1) is 10.9. The fraction of sp³-hybridized carbons (Fsp3) is 0.368. The minimum absolute atomic E-state index is 0.298. The van der Waals surface area contributed by atoms with Crippen molar-refractivity contribution >= 4 is 15.7 Å². The molecule has 2 aromatic carbocycles. The number of nitrogens with one attached hydrogen (secondary N) is 1. The Kier molecular flexibility index (Phi) is 5.83. The van der Waals surface area contributed by atoms with Gasteiger partial charge in [-0.15, -0.1) is 0 Å². The average molecular weight is 331 g/mol. The SMILES string of the molecule is CCCCc1ccccc1NS(=O)(=O)c1ccc(C(C)C)cc1. The summed E-state index contributed by atoms with van der Waals surface area (Å²) in [5.74, 6) is 0.384. The molecule has 0 unspecified atom stereocenters. The summed E-state index contributed by atoms with van der Waals surface area (Å²) >= 11 is 0. The van der Waals surface area contributed by atoms with Crippen molar-refractivity contribution in [1.29, 1.82) is 0 Å². The minimum atomic E-state index is -3.55. The smallest absolute Gasteiger partial charge is 0.261 e. The van der Waals surface area contributed by atoms with E-state index in [1.165, 1.54) is 0 Å². The van der Waals surface area contributed by atoms with Gasteiger partial charge in [0.05, 0.1) is 10.6 Å². The van der Waals surface area contributed by atoms with E-state index in [9.17, 15) is 8.42 Å². The summed E-state index contributed by atoms with van der Waals surface area (Å²) in [6, 6.07) is 14.7. The van der Waals surface area contributed by atoms with Crippen LogP contribution in [0, 0.1) is 0 Å². The number of sulfonamides is 1. The van der Waals surface area contributed by atoms with Gasteiger partial charge in [0.2, 0.25) is 0 Å². The molecule has 4 heteroatoms. The molecule has 0 aliphatic rings. The minimum Gasteiger partial charge on any atom is -0.279 e. The third kappa shape index (κ3) is 4.58. The molecule has 2 aromatic rings. The lowest BCUT2D eigenvalue weighted by Crippen LogP contribution is -2.14. The van der Waals surface area contributed by atoms with Gasteiger partial charge >= 0.3 is 0 Å². The summed E-state index contributed by atoms with van der Waals surface area (Å²) < 4.78 is 27.9. The maximum absolute atomic E-state index is 12.6. The third-order valence-corrected chi connectivity index (χ3v) is 5.30. The van der Waals surface area contributed by atoms with Crippen LogP contribution >= 0.6 is 0 Å². The molecule has 0 atom stereocenters. The van der Waals surface area contributed by atoms with Crippen molar-refractivity contribution in [2.75, 3.05) is 4.72 Å². The zero-order chi connectivity index (χ0) is 16.9. The second kappa shape index (κ2) is 7.64. The second-order valence-corrected chi connectivity index (χ2v) is 7.77. The molecule has 2 rings (SSSR count). The Morgan fingerprint density at radius 3 is 2.26 bits per heavy atom. The largest absolute Gasteiger partial charge is 0.279 e. The molecule has 0 heterocycles. The fourth-order valence-corrected chi connectivity index (χ4v) is 3.54. The van der Waals surface area contributed by atoms with Crippen LogP contribution in [0.4, 0.5) is 5.69 Å². The second-order valence-electron chi connectivity index (χ2n) is 6.09. The molecule has 0 amide bonds. The van der Waals surface area contributed by atoms with Crippen LogP contribution in [-0.2, 0) is 16.4 Å². The third-order valence-electron chi connectivity index (χ3n) is 3.92. The van der Waals surface area contributed by atoms with Gasteiger partial charge in [-0.1, -0.05) is 57.5 Å². The highest BCUT2D eigenvalue weighted by Gasteiger charge is 2.16. The Balaban J connectivity index is 2.24. The van der Waals surface area contributed by atoms with E-state index in [4.69, 9.17) is 0 Å². The molecule has 23 heavy (non-hydrogen) atoms. The van der Waals surface area contributed by atoms with Gasteiger partial charge in [0.25, 0.3) is 10.0 Å². The molecule has 0 aromatic heterocycles. The molecule has 0 aliphatic carbocycles. The van der Waals surface area contributed by atoms with Gasteiger partial charge < -0.3 is 0 Å². The number of unbranched alkanes of at least 4 members (excludes halogenated alkanes) is 1. The van der Waals surface area contributed by atoms with Crippen LogP contribution in [0.3, 0.4) is 0 Å². The van der Waals surface area contributed by atoms with Crippen molar-refractivity contribution in [3.05, 3.63) is 59.7 Å². The lowest BCUT2D eigenvalue weighted by molar-refractivity contribution is 0.601. The number of rotatable bonds is 7. The Labute approximate surface area is 139 Å². The van der Waals surface area contributed by atoms with E-state index in [1.807, 2.05) is 36.4 Å². The van der Waals surface area contributed by atoms with Gasteiger partial charge in [-0.3, -0.25) is 4.72 Å². The number of aryl methyl sites for hydroxylation is 1. The predicted octanol–water partition coefficient (Wildman–Crippen LogP) is 4.95. The lowest BCUT2D eigenvalue weighted by atomic mass is 10.0. The Morgan fingerprint density at radius 2 is 1.65 bits per heavy atom. The Bertz CT molecular complexity index is 734. The summed E-state index contributed by atoms with van der Waals surface area (Å²) in [6.07, 6.45) is 3.00. The Hall–Kier alpha value is -1.81. The highest BCUT2D eigenvalue weighted by molar-refractivity contribution is 7.92. The lowest BCUT2D eigenvalue weighted by Gasteiger charge is -2.13. The topological polar surface area (TPSA) is 46.2 Å². The zero-order valence-electron chi connectivity index (χ0n) is 14.0. The van der Waals surface area contributed by atoms with E-state index in [1.54, 1.807) is 12.1 Å². The normalized spacial score (nSPS) is 11.7. The number of anilines is 1. The molecule has 0 radical (unpaired) electrons. The van der Waals surface area contributed by atoms with E-state index in [2.05, 4.69) is 25.5 Å². The molecule has 0 aliphatic heterocycles. The van der Waals surface area contributed by atoms with Crippen LogP contribution in [-0.4, -0.2) is 8.42 Å². The first-order valence-corrected chi connectivity index (χ1v) is 9.63. The van der Waals surface area contributed by atoms with Crippen LogP contribution in [0.1, 0.15) is 50.7 Å². The van der Waals surface area contributed by atoms with Crippen molar-refractivity contribution in [2.24, 2.45) is 0 Å². The molecule has 0 fully saturated rings. The molecular weight excluding hydrogens is 306 g/mol. The zero-order valence-corrected chi connectivity index (χ0v) is 14.9. The van der Waals surface area contributed by atoms with Crippen LogP contribution < -0.4 is 4.72 Å². The summed E-state index contributed by atoms with van der Waals surface area (Å²) in [5, 5.41) is 0. The number of hydrogen-bond acceptors (Lipinski definition) is 2. The number of hydrogen-bond donors (Lipinski definition) is 1. The standard InChI is InChI=1S/C19H25NO2S/c1-4-5-8-17-9-6-7-10-19(17)20-23(21,22)18-13-11-16(12-14-18)15(2)3/h6-7,9-15,20H,4-5,8H2,1-3H3. The van der Waals surface area contributed by atoms with Crippen LogP contribution in [0.5, 0.6) is 0 Å². The van der Waals surface area contributed by atoms with Gasteiger partial charge in [-0.25, -0.2) is 8.42 Å². The summed E-state index contributed by atoms with van der Waals surface area (Å²) in [4.78, 5) is 0.298. The first kappa shape index (κ1) is 17.5. The average Bonchev–Trinajstić information content (AvgIpc) is 2.54. The predicted molar refractivity (Wildman–Crippen MR) is 96.4 cm³/mol. The number of benzene rings is 2. The van der Waals surface area contributed by atoms with E-state index < -0.39 is 10.0 Å². The molecule has 3 nitrogen and oxygen atoms in total. The van der Waals surface area contributed by atoms with Crippen molar-refractivity contribution in [1.82, 2.24) is 0 Å². The summed E-state index contributed by atoms with van der Waals surface area (Å²) in [5.41, 5.74) is 2.85. The van der Waals surface area contributed by atoms with Gasteiger partial charge in [-0.05, 0) is 48.1 Å². The molecule has 0 bridgehead atoms. The van der Waals surface area contributed by atoms with Crippen molar-refractivity contribution in [2.45, 2.75) is 50.8 Å². The Morgan fingerprint density at radius 1 is 1.00 bits per heavy atom.